The van der Waals surface area contributed by atoms with Crippen LogP contribution in [-0.4, -0.2) is 76.2 Å². The molecule has 3 aliphatic rings. The Labute approximate surface area is 319 Å². The van der Waals surface area contributed by atoms with Crippen LogP contribution >= 0.6 is 11.6 Å². The Bertz CT molecular complexity index is 2030. The van der Waals surface area contributed by atoms with Gasteiger partial charge in [-0.25, -0.2) is 14.0 Å². The van der Waals surface area contributed by atoms with Gasteiger partial charge in [0, 0.05) is 38.0 Å². The molecule has 0 saturated heterocycles. The molecule has 0 radical (unpaired) electrons. The predicted octanol–water partition coefficient (Wildman–Crippen LogP) is 7.89. The lowest BCUT2D eigenvalue weighted by molar-refractivity contribution is -0.149. The fourth-order valence-corrected chi connectivity index (χ4v) is 7.11. The monoisotopic (exact) mass is 757 g/mol. The molecule has 0 fully saturated rings. The average molecular weight is 758 g/mol. The van der Waals surface area contributed by atoms with E-state index in [1.54, 1.807) is 60.9 Å². The molecule has 0 aromatic heterocycles. The van der Waals surface area contributed by atoms with Gasteiger partial charge in [0.2, 0.25) is 6.10 Å². The van der Waals surface area contributed by atoms with Crippen molar-refractivity contribution in [1.82, 2.24) is 9.80 Å². The molecule has 3 aromatic carbocycles. The van der Waals surface area contributed by atoms with Crippen LogP contribution in [0.2, 0.25) is 5.02 Å². The first-order valence-electron chi connectivity index (χ1n) is 18.1. The third kappa shape index (κ3) is 8.67. The number of amides is 2. The van der Waals surface area contributed by atoms with Crippen LogP contribution in [0.15, 0.2) is 71.9 Å². The maximum atomic E-state index is 14.9. The zero-order valence-corrected chi connectivity index (χ0v) is 32.2. The third-order valence-corrected chi connectivity index (χ3v) is 9.68. The summed E-state index contributed by atoms with van der Waals surface area (Å²) in [6, 6.07) is 16.1. The number of carbonyl (C=O) groups excluding carboxylic acids is 4. The van der Waals surface area contributed by atoms with Gasteiger partial charge in [-0.15, -0.1) is 0 Å². The van der Waals surface area contributed by atoms with Gasteiger partial charge < -0.3 is 24.1 Å². The maximum absolute atomic E-state index is 14.9. The first-order valence-corrected chi connectivity index (χ1v) is 18.5. The largest absolute Gasteiger partial charge is 0.456 e. The molecule has 54 heavy (non-hydrogen) atoms. The molecule has 10 nitrogen and oxygen atoms in total. The number of ether oxygens (including phenoxy) is 2. The van der Waals surface area contributed by atoms with E-state index >= 15 is 0 Å². The lowest BCUT2D eigenvalue weighted by atomic mass is 9.82. The smallest absolute Gasteiger partial charge is 0.410 e. The quantitative estimate of drug-likeness (QED) is 0.225. The molecule has 0 bridgehead atoms. The highest BCUT2D eigenvalue weighted by Crippen LogP contribution is 2.38. The molecule has 2 amide bonds. The van der Waals surface area contributed by atoms with Gasteiger partial charge >= 0.3 is 12.1 Å². The summed E-state index contributed by atoms with van der Waals surface area (Å²) in [5, 5.41) is 3.98. The Kier molecular flexibility index (Phi) is 11.0. The van der Waals surface area contributed by atoms with E-state index in [-0.39, 0.29) is 47.6 Å². The van der Waals surface area contributed by atoms with E-state index in [9.17, 15) is 23.6 Å². The Morgan fingerprint density at radius 3 is 2.24 bits per heavy atom. The van der Waals surface area contributed by atoms with Crippen LogP contribution in [0, 0.1) is 5.82 Å². The molecule has 0 aliphatic carbocycles. The van der Waals surface area contributed by atoms with E-state index in [0.717, 1.165) is 16.7 Å². The Morgan fingerprint density at radius 1 is 0.889 bits per heavy atom. The number of Topliss-reactive ketones (excluding diaryl/α,β-unsaturated/α-hetero) is 1. The van der Waals surface area contributed by atoms with Gasteiger partial charge in [-0.2, -0.15) is 0 Å². The van der Waals surface area contributed by atoms with E-state index in [4.69, 9.17) is 25.9 Å². The second-order valence-electron chi connectivity index (χ2n) is 15.7. The number of esters is 1. The first kappa shape index (κ1) is 38.7. The number of halogens is 2. The summed E-state index contributed by atoms with van der Waals surface area (Å²) in [6.45, 7) is 12.0. The zero-order chi connectivity index (χ0) is 38.9. The number of fused-ring (bicyclic) bond motifs is 1. The van der Waals surface area contributed by atoms with Crippen molar-refractivity contribution < 1.29 is 37.9 Å². The van der Waals surface area contributed by atoms with Crippen LogP contribution in [0.5, 0.6) is 0 Å². The number of rotatable bonds is 7. The third-order valence-electron chi connectivity index (χ3n) is 9.39. The predicted molar refractivity (Wildman–Crippen MR) is 203 cm³/mol. The zero-order valence-electron chi connectivity index (χ0n) is 31.4. The molecule has 3 aromatic rings. The lowest BCUT2D eigenvalue weighted by Crippen LogP contribution is -2.48. The van der Waals surface area contributed by atoms with Gasteiger partial charge in [-0.1, -0.05) is 59.2 Å². The van der Waals surface area contributed by atoms with Crippen LogP contribution in [-0.2, 0) is 36.7 Å². The molecular formula is C42H45ClFN3O7. The molecule has 0 spiro atoms. The van der Waals surface area contributed by atoms with E-state index in [2.05, 4.69) is 5.16 Å². The van der Waals surface area contributed by atoms with Gasteiger partial charge in [-0.3, -0.25) is 9.59 Å². The van der Waals surface area contributed by atoms with Crippen LogP contribution in [0.25, 0.3) is 5.57 Å². The standard InChI is InChI=1S/C42H45ClFN3O7/c1-41(2,3)52-39(50)27-15-13-25(14-16-27)23-34(48)37-30-10-7-9-28(26-17-20-46(21-18-26)40(51)53-42(4,5)6)29(30)19-22-47(37)38(49)35-24-33(45-54-35)31-11-8-12-32(43)36(31)44/h7-17,35,37H,18-24H2,1-6H3/t35-,37+/m1/s1. The summed E-state index contributed by atoms with van der Waals surface area (Å²) < 4.78 is 25.9. The highest BCUT2D eigenvalue weighted by atomic mass is 35.5. The van der Waals surface area contributed by atoms with Crippen molar-refractivity contribution in [2.75, 3.05) is 19.6 Å². The normalized spacial score (nSPS) is 18.6. The maximum Gasteiger partial charge on any atom is 0.410 e. The van der Waals surface area contributed by atoms with Crippen molar-refractivity contribution in [2.24, 2.45) is 5.16 Å². The van der Waals surface area contributed by atoms with E-state index in [1.807, 2.05) is 45.0 Å². The van der Waals surface area contributed by atoms with Crippen LogP contribution in [0.1, 0.15) is 98.6 Å². The van der Waals surface area contributed by atoms with Crippen molar-refractivity contribution >= 4 is 46.6 Å². The Hall–Kier alpha value is -5.03. The fourth-order valence-electron chi connectivity index (χ4n) is 6.93. The Morgan fingerprint density at radius 2 is 1.57 bits per heavy atom. The number of nitrogens with zero attached hydrogens (tertiary/aromatic N) is 3. The molecule has 3 aliphatic heterocycles. The first-order chi connectivity index (χ1) is 25.5. The van der Waals surface area contributed by atoms with E-state index < -0.39 is 41.0 Å². The molecular weight excluding hydrogens is 713 g/mol. The summed E-state index contributed by atoms with van der Waals surface area (Å²) >= 11 is 6.01. The summed E-state index contributed by atoms with van der Waals surface area (Å²) in [5.74, 6) is -1.77. The number of oxime groups is 1. The molecule has 6 rings (SSSR count). The number of hydrogen-bond acceptors (Lipinski definition) is 8. The molecule has 284 valence electrons. The van der Waals surface area contributed by atoms with Crippen molar-refractivity contribution in [2.45, 2.75) is 90.6 Å². The summed E-state index contributed by atoms with van der Waals surface area (Å²) in [4.78, 5) is 62.9. The van der Waals surface area contributed by atoms with E-state index in [1.165, 1.54) is 12.1 Å². The van der Waals surface area contributed by atoms with Crippen LogP contribution in [0.3, 0.4) is 0 Å². The minimum Gasteiger partial charge on any atom is -0.456 e. The fraction of sp³-hybridized carbons (Fsp3) is 0.405. The van der Waals surface area contributed by atoms with Crippen LogP contribution in [0.4, 0.5) is 9.18 Å². The summed E-state index contributed by atoms with van der Waals surface area (Å²) in [7, 11) is 0. The van der Waals surface area contributed by atoms with Gasteiger partial charge in [0.05, 0.1) is 16.3 Å². The number of benzene rings is 3. The second-order valence-corrected chi connectivity index (χ2v) is 16.1. The minimum absolute atomic E-state index is 0.00750. The minimum atomic E-state index is -1.06. The molecule has 3 heterocycles. The van der Waals surface area contributed by atoms with Gasteiger partial charge in [0.25, 0.3) is 5.91 Å². The van der Waals surface area contributed by atoms with Gasteiger partial charge in [0.15, 0.2) is 11.6 Å². The van der Waals surface area contributed by atoms with Crippen molar-refractivity contribution in [3.05, 3.63) is 111 Å². The van der Waals surface area contributed by atoms with Crippen molar-refractivity contribution in [3.8, 4) is 0 Å². The second kappa shape index (κ2) is 15.4. The summed E-state index contributed by atoms with van der Waals surface area (Å²) in [6.07, 6.45) is 1.65. The van der Waals surface area contributed by atoms with Gasteiger partial charge in [-0.05, 0) is 106 Å². The molecule has 0 unspecified atom stereocenters. The molecule has 2 atom stereocenters. The number of ketones is 1. The highest BCUT2D eigenvalue weighted by molar-refractivity contribution is 6.31. The van der Waals surface area contributed by atoms with Crippen molar-refractivity contribution in [3.63, 3.8) is 0 Å². The van der Waals surface area contributed by atoms with Crippen LogP contribution < -0.4 is 0 Å². The number of hydrogen-bond donors (Lipinski definition) is 0. The average Bonchev–Trinajstić information content (AvgIpc) is 3.61. The van der Waals surface area contributed by atoms with E-state index in [0.29, 0.717) is 42.6 Å². The molecule has 12 heteroatoms. The SMILES string of the molecule is CC(C)(C)OC(=O)c1ccc(CC(=O)[C@@H]2c3cccc(C4=CCN(C(=O)OC(C)(C)C)CC4)c3CCN2C(=O)[C@H]2CC(c3cccc(Cl)c3F)=NO2)cc1. The number of carbonyl (C=O) groups is 4. The Balaban J connectivity index is 1.28. The van der Waals surface area contributed by atoms with Gasteiger partial charge in [0.1, 0.15) is 17.2 Å². The summed E-state index contributed by atoms with van der Waals surface area (Å²) in [5.41, 5.74) is 3.87. The topological polar surface area (TPSA) is 115 Å². The van der Waals surface area contributed by atoms with Crippen molar-refractivity contribution in [1.29, 1.82) is 0 Å². The molecule has 0 saturated carbocycles. The molecule has 0 N–H and O–H groups in total. The lowest BCUT2D eigenvalue weighted by Gasteiger charge is -2.38. The highest BCUT2D eigenvalue weighted by Gasteiger charge is 2.42.